The smallest absolute Gasteiger partial charge is 0.107 e. The van der Waals surface area contributed by atoms with Crippen LogP contribution in [0.3, 0.4) is 0 Å². The monoisotopic (exact) mass is 332 g/mol. The van der Waals surface area contributed by atoms with E-state index < -0.39 is 0 Å². The summed E-state index contributed by atoms with van der Waals surface area (Å²) >= 11 is 0. The minimum atomic E-state index is 0.356. The van der Waals surface area contributed by atoms with Crippen LogP contribution in [0.1, 0.15) is 67.1 Å². The molecule has 0 saturated heterocycles. The first-order chi connectivity index (χ1) is 12.0. The number of hydrogen-bond acceptors (Lipinski definition) is 3. The fourth-order valence-electron chi connectivity index (χ4n) is 3.58. The molecule has 1 aliphatic rings. The highest BCUT2D eigenvalue weighted by Gasteiger charge is 2.25. The zero-order chi connectivity index (χ0) is 17.7. The Morgan fingerprint density at radius 3 is 2.60 bits per heavy atom. The molecule has 1 saturated carbocycles. The van der Waals surface area contributed by atoms with Crippen molar-refractivity contribution < 1.29 is 0 Å². The maximum atomic E-state index is 4.79. The molecule has 0 spiro atoms. The van der Waals surface area contributed by atoms with Gasteiger partial charge in [0.15, 0.2) is 0 Å². The molecule has 3 aromatic rings. The lowest BCUT2D eigenvalue weighted by atomic mass is 10.0. The van der Waals surface area contributed by atoms with Gasteiger partial charge in [-0.15, -0.1) is 0 Å². The third-order valence-electron chi connectivity index (χ3n) is 5.01. The van der Waals surface area contributed by atoms with Crippen LogP contribution in [0.15, 0.2) is 31.0 Å². The molecule has 0 N–H and O–H groups in total. The van der Waals surface area contributed by atoms with Gasteiger partial charge in [-0.3, -0.25) is 9.97 Å². The molecule has 0 bridgehead atoms. The molecule has 0 aliphatic heterocycles. The lowest BCUT2D eigenvalue weighted by Crippen LogP contribution is -2.03. The van der Waals surface area contributed by atoms with E-state index in [0.717, 1.165) is 39.4 Å². The first kappa shape index (κ1) is 16.0. The summed E-state index contributed by atoms with van der Waals surface area (Å²) < 4.78 is 2.25. The molecule has 3 aromatic heterocycles. The Kier molecular flexibility index (Phi) is 3.71. The topological polar surface area (TPSA) is 43.6 Å². The molecule has 1 aliphatic carbocycles. The summed E-state index contributed by atoms with van der Waals surface area (Å²) in [6.07, 6.45) is 4.38. The molecule has 128 valence electrons. The Morgan fingerprint density at radius 2 is 1.96 bits per heavy atom. The third kappa shape index (κ3) is 2.76. The van der Waals surface area contributed by atoms with Gasteiger partial charge in [-0.25, -0.2) is 4.98 Å². The van der Waals surface area contributed by atoms with E-state index in [4.69, 9.17) is 4.98 Å². The standard InChI is InChI=1S/C21H24N4/c1-12(2)25-15(5)24-20-11-22-19(10-21(20)25)13(3)17-8-9-18(16-6-7-16)23-14(17)4/h8-12,16H,3,6-7H2,1-2,4-5H3. The van der Waals surface area contributed by atoms with Gasteiger partial charge in [-0.1, -0.05) is 12.6 Å². The van der Waals surface area contributed by atoms with E-state index in [1.54, 1.807) is 0 Å². The predicted octanol–water partition coefficient (Wildman–Crippen LogP) is 4.96. The van der Waals surface area contributed by atoms with Gasteiger partial charge in [0.05, 0.1) is 17.4 Å². The van der Waals surface area contributed by atoms with Crippen LogP contribution in [0.25, 0.3) is 16.6 Å². The number of aryl methyl sites for hydroxylation is 2. The molecule has 4 nitrogen and oxygen atoms in total. The molecule has 0 radical (unpaired) electrons. The van der Waals surface area contributed by atoms with E-state index in [-0.39, 0.29) is 0 Å². The minimum Gasteiger partial charge on any atom is -0.326 e. The maximum Gasteiger partial charge on any atom is 0.107 e. The highest BCUT2D eigenvalue weighted by Crippen LogP contribution is 2.39. The predicted molar refractivity (Wildman–Crippen MR) is 102 cm³/mol. The van der Waals surface area contributed by atoms with Crippen LogP contribution in [0.4, 0.5) is 0 Å². The van der Waals surface area contributed by atoms with E-state index in [9.17, 15) is 0 Å². The molecule has 0 atom stereocenters. The summed E-state index contributed by atoms with van der Waals surface area (Å²) in [7, 11) is 0. The molecule has 4 heteroatoms. The third-order valence-corrected chi connectivity index (χ3v) is 5.01. The number of fused-ring (bicyclic) bond motifs is 1. The van der Waals surface area contributed by atoms with E-state index in [0.29, 0.717) is 12.0 Å². The Morgan fingerprint density at radius 1 is 1.20 bits per heavy atom. The fourth-order valence-corrected chi connectivity index (χ4v) is 3.58. The van der Waals surface area contributed by atoms with E-state index >= 15 is 0 Å². The van der Waals surface area contributed by atoms with Crippen molar-refractivity contribution >= 4 is 16.6 Å². The molecule has 4 rings (SSSR count). The average Bonchev–Trinajstić information content (AvgIpc) is 3.35. The number of pyridine rings is 2. The maximum absolute atomic E-state index is 4.79. The Hall–Kier alpha value is -2.49. The quantitative estimate of drug-likeness (QED) is 0.678. The number of hydrogen-bond donors (Lipinski definition) is 0. The van der Waals surface area contributed by atoms with Crippen molar-refractivity contribution in [3.05, 3.63) is 59.4 Å². The summed E-state index contributed by atoms with van der Waals surface area (Å²) in [6.45, 7) is 12.8. The lowest BCUT2D eigenvalue weighted by Gasteiger charge is -2.13. The fraction of sp³-hybridized carbons (Fsp3) is 0.381. The van der Waals surface area contributed by atoms with Crippen molar-refractivity contribution in [2.45, 2.75) is 52.5 Å². The summed E-state index contributed by atoms with van der Waals surface area (Å²) in [5.74, 6) is 1.68. The molecule has 25 heavy (non-hydrogen) atoms. The van der Waals surface area contributed by atoms with E-state index in [2.05, 4.69) is 60.1 Å². The van der Waals surface area contributed by atoms with Gasteiger partial charge in [0, 0.05) is 34.5 Å². The SMILES string of the molecule is C=C(c1cc2c(cn1)nc(C)n2C(C)C)c1ccc(C2CC2)nc1C. The van der Waals surface area contributed by atoms with Crippen LogP contribution in [-0.4, -0.2) is 19.5 Å². The van der Waals surface area contributed by atoms with Crippen molar-refractivity contribution in [3.63, 3.8) is 0 Å². The van der Waals surface area contributed by atoms with Crippen LogP contribution < -0.4 is 0 Å². The molecular formula is C21H24N4. The van der Waals surface area contributed by atoms with Gasteiger partial charge in [0.1, 0.15) is 11.3 Å². The second-order valence-electron chi connectivity index (χ2n) is 7.30. The molecule has 3 heterocycles. The summed E-state index contributed by atoms with van der Waals surface area (Å²) in [6, 6.07) is 6.75. The van der Waals surface area contributed by atoms with Crippen molar-refractivity contribution in [1.82, 2.24) is 19.5 Å². The van der Waals surface area contributed by atoms with Gasteiger partial charge in [0.2, 0.25) is 0 Å². The van der Waals surface area contributed by atoms with Gasteiger partial charge in [-0.2, -0.15) is 0 Å². The highest BCUT2D eigenvalue weighted by atomic mass is 15.1. The second kappa shape index (κ2) is 5.80. The number of aromatic nitrogens is 4. The summed E-state index contributed by atoms with van der Waals surface area (Å²) in [4.78, 5) is 14.0. The Labute approximate surface area is 148 Å². The normalized spacial score (nSPS) is 14.4. The Balaban J connectivity index is 1.76. The lowest BCUT2D eigenvalue weighted by molar-refractivity contribution is 0.600. The van der Waals surface area contributed by atoms with E-state index in [1.807, 2.05) is 13.1 Å². The molecular weight excluding hydrogens is 308 g/mol. The van der Waals surface area contributed by atoms with Crippen molar-refractivity contribution in [2.75, 3.05) is 0 Å². The van der Waals surface area contributed by atoms with Gasteiger partial charge >= 0.3 is 0 Å². The largest absolute Gasteiger partial charge is 0.326 e. The van der Waals surface area contributed by atoms with Gasteiger partial charge < -0.3 is 4.57 Å². The van der Waals surface area contributed by atoms with Gasteiger partial charge in [0.25, 0.3) is 0 Å². The van der Waals surface area contributed by atoms with Crippen LogP contribution >= 0.6 is 0 Å². The summed E-state index contributed by atoms with van der Waals surface area (Å²) in [5.41, 5.74) is 7.17. The van der Waals surface area contributed by atoms with Crippen LogP contribution in [0.2, 0.25) is 0 Å². The first-order valence-electron chi connectivity index (χ1n) is 8.97. The first-order valence-corrected chi connectivity index (χ1v) is 8.97. The van der Waals surface area contributed by atoms with Crippen LogP contribution in [-0.2, 0) is 0 Å². The number of imidazole rings is 1. The van der Waals surface area contributed by atoms with Crippen molar-refractivity contribution in [1.29, 1.82) is 0 Å². The van der Waals surface area contributed by atoms with Crippen LogP contribution in [0, 0.1) is 13.8 Å². The average molecular weight is 332 g/mol. The molecule has 1 fully saturated rings. The number of nitrogens with zero attached hydrogens (tertiary/aromatic N) is 4. The van der Waals surface area contributed by atoms with Gasteiger partial charge in [-0.05, 0) is 52.7 Å². The van der Waals surface area contributed by atoms with Crippen molar-refractivity contribution in [2.24, 2.45) is 0 Å². The molecule has 0 aromatic carbocycles. The number of rotatable bonds is 4. The second-order valence-corrected chi connectivity index (χ2v) is 7.30. The zero-order valence-corrected chi connectivity index (χ0v) is 15.4. The molecule has 0 amide bonds. The Bertz CT molecular complexity index is 977. The summed E-state index contributed by atoms with van der Waals surface area (Å²) in [5, 5.41) is 0. The molecule has 0 unspecified atom stereocenters. The van der Waals surface area contributed by atoms with Crippen molar-refractivity contribution in [3.8, 4) is 0 Å². The minimum absolute atomic E-state index is 0.356. The van der Waals surface area contributed by atoms with Crippen LogP contribution in [0.5, 0.6) is 0 Å². The van der Waals surface area contributed by atoms with E-state index in [1.165, 1.54) is 18.5 Å². The highest BCUT2D eigenvalue weighted by molar-refractivity contribution is 5.84. The zero-order valence-electron chi connectivity index (χ0n) is 15.4.